The van der Waals surface area contributed by atoms with Crippen LogP contribution in [-0.4, -0.2) is 10.5 Å². The summed E-state index contributed by atoms with van der Waals surface area (Å²) in [5.41, 5.74) is 2.12. The molecule has 0 aliphatic rings. The summed E-state index contributed by atoms with van der Waals surface area (Å²) in [6.45, 7) is 1.94. The van der Waals surface area contributed by atoms with Gasteiger partial charge in [0.05, 0.1) is 6.04 Å². The van der Waals surface area contributed by atoms with Gasteiger partial charge in [-0.15, -0.1) is 0 Å². The van der Waals surface area contributed by atoms with Gasteiger partial charge in [0.2, 0.25) is 0 Å². The van der Waals surface area contributed by atoms with E-state index in [0.717, 1.165) is 11.3 Å². The lowest BCUT2D eigenvalue weighted by Gasteiger charge is -2.14. The van der Waals surface area contributed by atoms with E-state index in [1.807, 2.05) is 60.3 Å². The quantitative estimate of drug-likeness (QED) is 0.754. The van der Waals surface area contributed by atoms with Gasteiger partial charge in [-0.05, 0) is 64.8 Å². The predicted octanol–water partition coefficient (Wildman–Crippen LogP) is 4.32. The molecular weight excluding hydrogens is 344 g/mol. The number of carbonyl (C=O) groups is 1. The van der Waals surface area contributed by atoms with Crippen LogP contribution in [0.3, 0.4) is 0 Å². The number of furan rings is 1. The topological polar surface area (TPSA) is 47.2 Å². The summed E-state index contributed by atoms with van der Waals surface area (Å²) in [7, 11) is 0. The van der Waals surface area contributed by atoms with E-state index in [0.29, 0.717) is 10.4 Å². The number of nitrogens with one attached hydrogen (secondary N) is 1. The van der Waals surface area contributed by atoms with Gasteiger partial charge in [0.15, 0.2) is 10.4 Å². The molecule has 0 aliphatic heterocycles. The smallest absolute Gasteiger partial charge is 0.287 e. The summed E-state index contributed by atoms with van der Waals surface area (Å²) in [5, 5.41) is 2.92. The van der Waals surface area contributed by atoms with Gasteiger partial charge in [0, 0.05) is 18.1 Å². The summed E-state index contributed by atoms with van der Waals surface area (Å²) >= 11 is 3.19. The average Bonchev–Trinajstić information content (AvgIpc) is 3.18. The molecule has 3 rings (SSSR count). The van der Waals surface area contributed by atoms with E-state index in [4.69, 9.17) is 4.42 Å². The Kier molecular flexibility index (Phi) is 4.15. The van der Waals surface area contributed by atoms with Crippen molar-refractivity contribution in [3.63, 3.8) is 0 Å². The standard InChI is InChI=1S/C17H15BrN2O2/c1-12(19-17(21)15-8-9-16(18)22-15)13-4-6-14(7-5-13)20-10-2-3-11-20/h2-12H,1H3,(H,19,21). The fraction of sp³-hybridized carbons (Fsp3) is 0.118. The minimum atomic E-state index is -0.229. The van der Waals surface area contributed by atoms with E-state index in [-0.39, 0.29) is 11.9 Å². The van der Waals surface area contributed by atoms with Gasteiger partial charge in [0.25, 0.3) is 5.91 Å². The van der Waals surface area contributed by atoms with Gasteiger partial charge in [-0.25, -0.2) is 0 Å². The largest absolute Gasteiger partial charge is 0.444 e. The molecule has 0 aliphatic carbocycles. The number of nitrogens with zero attached hydrogens (tertiary/aromatic N) is 1. The average molecular weight is 359 g/mol. The van der Waals surface area contributed by atoms with E-state index in [1.54, 1.807) is 12.1 Å². The maximum Gasteiger partial charge on any atom is 0.287 e. The third-order valence-corrected chi connectivity index (χ3v) is 3.87. The van der Waals surface area contributed by atoms with Crippen molar-refractivity contribution in [3.05, 3.63) is 76.9 Å². The minimum Gasteiger partial charge on any atom is -0.444 e. The Balaban J connectivity index is 1.69. The highest BCUT2D eigenvalue weighted by molar-refractivity contribution is 9.10. The normalized spacial score (nSPS) is 12.1. The molecule has 0 fully saturated rings. The van der Waals surface area contributed by atoms with Crippen molar-refractivity contribution in [2.24, 2.45) is 0 Å². The second-order valence-corrected chi connectivity index (χ2v) is 5.76. The molecule has 2 heterocycles. The fourth-order valence-electron chi connectivity index (χ4n) is 2.23. The summed E-state index contributed by atoms with van der Waals surface area (Å²) in [6, 6.07) is 15.3. The van der Waals surface area contributed by atoms with Crippen molar-refractivity contribution in [1.29, 1.82) is 0 Å². The zero-order valence-corrected chi connectivity index (χ0v) is 13.6. The molecular formula is C17H15BrN2O2. The number of rotatable bonds is 4. The highest BCUT2D eigenvalue weighted by Crippen LogP contribution is 2.18. The van der Waals surface area contributed by atoms with E-state index >= 15 is 0 Å². The Morgan fingerprint density at radius 2 is 1.82 bits per heavy atom. The highest BCUT2D eigenvalue weighted by Gasteiger charge is 2.14. The maximum atomic E-state index is 12.1. The SMILES string of the molecule is CC(NC(=O)c1ccc(Br)o1)c1ccc(-n2cccc2)cc1. The molecule has 0 spiro atoms. The zero-order chi connectivity index (χ0) is 15.5. The van der Waals surface area contributed by atoms with Crippen molar-refractivity contribution >= 4 is 21.8 Å². The molecule has 2 aromatic heterocycles. The molecule has 1 aromatic carbocycles. The zero-order valence-electron chi connectivity index (χ0n) is 12.0. The highest BCUT2D eigenvalue weighted by atomic mass is 79.9. The summed E-state index contributed by atoms with van der Waals surface area (Å²) in [6.07, 6.45) is 3.99. The number of hydrogen-bond acceptors (Lipinski definition) is 2. The number of hydrogen-bond donors (Lipinski definition) is 1. The number of amides is 1. The first-order valence-electron chi connectivity index (χ1n) is 6.93. The lowest BCUT2D eigenvalue weighted by atomic mass is 10.1. The third-order valence-electron chi connectivity index (χ3n) is 3.44. The van der Waals surface area contributed by atoms with Crippen molar-refractivity contribution in [2.75, 3.05) is 0 Å². The molecule has 1 atom stereocenters. The second kappa shape index (κ2) is 6.23. The molecule has 1 N–H and O–H groups in total. The second-order valence-electron chi connectivity index (χ2n) is 4.98. The van der Waals surface area contributed by atoms with Crippen molar-refractivity contribution in [3.8, 4) is 5.69 Å². The van der Waals surface area contributed by atoms with Gasteiger partial charge in [-0.3, -0.25) is 4.79 Å². The number of aromatic nitrogens is 1. The van der Waals surface area contributed by atoms with Gasteiger partial charge < -0.3 is 14.3 Å². The molecule has 5 heteroatoms. The van der Waals surface area contributed by atoms with Crippen molar-refractivity contribution in [2.45, 2.75) is 13.0 Å². The number of benzene rings is 1. The van der Waals surface area contributed by atoms with Gasteiger partial charge in [0.1, 0.15) is 0 Å². The maximum absolute atomic E-state index is 12.1. The Labute approximate surface area is 136 Å². The molecule has 0 saturated heterocycles. The summed E-state index contributed by atoms with van der Waals surface area (Å²) in [4.78, 5) is 12.1. The van der Waals surface area contributed by atoms with E-state index < -0.39 is 0 Å². The minimum absolute atomic E-state index is 0.102. The van der Waals surface area contributed by atoms with E-state index in [2.05, 4.69) is 21.2 Å². The lowest BCUT2D eigenvalue weighted by Crippen LogP contribution is -2.26. The van der Waals surface area contributed by atoms with Crippen LogP contribution < -0.4 is 5.32 Å². The van der Waals surface area contributed by atoms with Crippen LogP contribution in [0, 0.1) is 0 Å². The van der Waals surface area contributed by atoms with E-state index in [1.165, 1.54) is 0 Å². The van der Waals surface area contributed by atoms with Crippen LogP contribution in [0.4, 0.5) is 0 Å². The van der Waals surface area contributed by atoms with Crippen LogP contribution in [0.1, 0.15) is 29.1 Å². The monoisotopic (exact) mass is 358 g/mol. The Morgan fingerprint density at radius 3 is 2.41 bits per heavy atom. The first-order chi connectivity index (χ1) is 10.6. The molecule has 112 valence electrons. The van der Waals surface area contributed by atoms with Gasteiger partial charge in [-0.1, -0.05) is 12.1 Å². The van der Waals surface area contributed by atoms with Crippen LogP contribution in [0.5, 0.6) is 0 Å². The van der Waals surface area contributed by atoms with Crippen molar-refractivity contribution in [1.82, 2.24) is 9.88 Å². The first kappa shape index (κ1) is 14.7. The molecule has 0 saturated carbocycles. The van der Waals surface area contributed by atoms with Gasteiger partial charge >= 0.3 is 0 Å². The van der Waals surface area contributed by atoms with Crippen LogP contribution in [0.2, 0.25) is 0 Å². The first-order valence-corrected chi connectivity index (χ1v) is 7.72. The molecule has 22 heavy (non-hydrogen) atoms. The number of carbonyl (C=O) groups excluding carboxylic acids is 1. The Morgan fingerprint density at radius 1 is 1.14 bits per heavy atom. The molecule has 4 nitrogen and oxygen atoms in total. The fourth-order valence-corrected chi connectivity index (χ4v) is 2.54. The number of halogens is 1. The molecule has 3 aromatic rings. The van der Waals surface area contributed by atoms with Crippen LogP contribution in [-0.2, 0) is 0 Å². The predicted molar refractivity (Wildman–Crippen MR) is 88.1 cm³/mol. The van der Waals surface area contributed by atoms with Gasteiger partial charge in [-0.2, -0.15) is 0 Å². The molecule has 0 radical (unpaired) electrons. The van der Waals surface area contributed by atoms with Crippen LogP contribution >= 0.6 is 15.9 Å². The lowest BCUT2D eigenvalue weighted by molar-refractivity contribution is 0.0910. The summed E-state index contributed by atoms with van der Waals surface area (Å²) in [5.74, 6) is 0.0652. The summed E-state index contributed by atoms with van der Waals surface area (Å²) < 4.78 is 7.83. The third kappa shape index (κ3) is 3.14. The van der Waals surface area contributed by atoms with Crippen LogP contribution in [0.25, 0.3) is 5.69 Å². The van der Waals surface area contributed by atoms with Crippen LogP contribution in [0.15, 0.2) is 70.0 Å². The Bertz CT molecular complexity index is 760. The molecule has 1 unspecified atom stereocenters. The Hall–Kier alpha value is -2.27. The van der Waals surface area contributed by atoms with Crippen molar-refractivity contribution < 1.29 is 9.21 Å². The van der Waals surface area contributed by atoms with E-state index in [9.17, 15) is 4.79 Å². The molecule has 1 amide bonds. The molecule has 0 bridgehead atoms.